The summed E-state index contributed by atoms with van der Waals surface area (Å²) in [6, 6.07) is 5.19. The highest BCUT2D eigenvalue weighted by atomic mass is 35.5. The van der Waals surface area contributed by atoms with E-state index in [4.69, 9.17) is 18.0 Å². The SMILES string of the molecule is C#CC1(c2ccc(O)c(Cl)c2)CC1. The second kappa shape index (κ2) is 2.68. The van der Waals surface area contributed by atoms with Crippen LogP contribution in [0.3, 0.4) is 0 Å². The molecule has 0 aliphatic heterocycles. The van der Waals surface area contributed by atoms with Crippen LogP contribution < -0.4 is 0 Å². The highest BCUT2D eigenvalue weighted by Crippen LogP contribution is 2.48. The normalized spacial score (nSPS) is 17.8. The lowest BCUT2D eigenvalue weighted by Crippen LogP contribution is -2.01. The second-order valence-electron chi connectivity index (χ2n) is 3.39. The third kappa shape index (κ3) is 1.28. The van der Waals surface area contributed by atoms with Gasteiger partial charge in [-0.1, -0.05) is 23.6 Å². The molecule has 1 aromatic rings. The molecule has 1 aromatic carbocycles. The maximum absolute atomic E-state index is 9.22. The molecular weight excluding hydrogens is 184 g/mol. The van der Waals surface area contributed by atoms with E-state index in [2.05, 4.69) is 5.92 Å². The molecule has 0 saturated heterocycles. The summed E-state index contributed by atoms with van der Waals surface area (Å²) in [4.78, 5) is 0. The largest absolute Gasteiger partial charge is 0.506 e. The van der Waals surface area contributed by atoms with Gasteiger partial charge in [0, 0.05) is 0 Å². The molecule has 0 radical (unpaired) electrons. The van der Waals surface area contributed by atoms with Gasteiger partial charge in [-0.25, -0.2) is 0 Å². The molecule has 1 nitrogen and oxygen atoms in total. The monoisotopic (exact) mass is 192 g/mol. The smallest absolute Gasteiger partial charge is 0.134 e. The third-order valence-electron chi connectivity index (χ3n) is 2.53. The van der Waals surface area contributed by atoms with Crippen molar-refractivity contribution in [2.75, 3.05) is 0 Å². The predicted molar refractivity (Wildman–Crippen MR) is 52.9 cm³/mol. The van der Waals surface area contributed by atoms with Crippen molar-refractivity contribution in [3.05, 3.63) is 28.8 Å². The molecule has 0 atom stereocenters. The van der Waals surface area contributed by atoms with Gasteiger partial charge < -0.3 is 5.11 Å². The summed E-state index contributed by atoms with van der Waals surface area (Å²) in [5.74, 6) is 2.88. The van der Waals surface area contributed by atoms with Gasteiger partial charge in [0.1, 0.15) is 5.75 Å². The number of terminal acetylenes is 1. The topological polar surface area (TPSA) is 20.2 Å². The third-order valence-corrected chi connectivity index (χ3v) is 2.83. The Morgan fingerprint density at radius 2 is 2.15 bits per heavy atom. The molecule has 1 fully saturated rings. The highest BCUT2D eigenvalue weighted by molar-refractivity contribution is 6.32. The van der Waals surface area contributed by atoms with Crippen LogP contribution >= 0.6 is 11.6 Å². The van der Waals surface area contributed by atoms with E-state index in [1.54, 1.807) is 12.1 Å². The highest BCUT2D eigenvalue weighted by Gasteiger charge is 2.42. The van der Waals surface area contributed by atoms with E-state index in [-0.39, 0.29) is 11.2 Å². The number of halogens is 1. The molecule has 1 N–H and O–H groups in total. The van der Waals surface area contributed by atoms with Crippen molar-refractivity contribution >= 4 is 11.6 Å². The predicted octanol–water partition coefficient (Wildman–Crippen LogP) is 2.71. The summed E-state index contributed by atoms with van der Waals surface area (Å²) >= 11 is 5.79. The Morgan fingerprint density at radius 1 is 1.46 bits per heavy atom. The van der Waals surface area contributed by atoms with Crippen LogP contribution in [-0.2, 0) is 5.41 Å². The van der Waals surface area contributed by atoms with Crippen molar-refractivity contribution in [1.82, 2.24) is 0 Å². The summed E-state index contributed by atoms with van der Waals surface area (Å²) in [6.07, 6.45) is 7.47. The molecule has 1 aliphatic carbocycles. The van der Waals surface area contributed by atoms with Crippen LogP contribution in [-0.4, -0.2) is 5.11 Å². The molecule has 0 amide bonds. The Kier molecular flexibility index (Phi) is 1.75. The van der Waals surface area contributed by atoms with Gasteiger partial charge in [-0.2, -0.15) is 0 Å². The summed E-state index contributed by atoms with van der Waals surface area (Å²) in [5, 5.41) is 9.59. The number of phenolic OH excluding ortho intramolecular Hbond substituents is 1. The van der Waals surface area contributed by atoms with Crippen molar-refractivity contribution in [1.29, 1.82) is 0 Å². The van der Waals surface area contributed by atoms with Gasteiger partial charge in [0.25, 0.3) is 0 Å². The second-order valence-corrected chi connectivity index (χ2v) is 3.80. The molecule has 2 rings (SSSR count). The van der Waals surface area contributed by atoms with Gasteiger partial charge in [0.15, 0.2) is 0 Å². The van der Waals surface area contributed by atoms with Crippen LogP contribution in [0.15, 0.2) is 18.2 Å². The van der Waals surface area contributed by atoms with E-state index in [0.717, 1.165) is 18.4 Å². The number of hydrogen-bond acceptors (Lipinski definition) is 1. The quantitative estimate of drug-likeness (QED) is 0.679. The van der Waals surface area contributed by atoms with Crippen LogP contribution in [0.5, 0.6) is 5.75 Å². The molecule has 0 bridgehead atoms. The zero-order chi connectivity index (χ0) is 9.47. The van der Waals surface area contributed by atoms with E-state index in [0.29, 0.717) is 5.02 Å². The molecule has 2 heteroatoms. The van der Waals surface area contributed by atoms with Crippen LogP contribution in [0.1, 0.15) is 18.4 Å². The Bertz CT molecular complexity index is 386. The first-order valence-electron chi connectivity index (χ1n) is 4.15. The van der Waals surface area contributed by atoms with E-state index in [1.807, 2.05) is 6.07 Å². The van der Waals surface area contributed by atoms with Gasteiger partial charge in [-0.15, -0.1) is 6.42 Å². The minimum atomic E-state index is -0.0999. The minimum Gasteiger partial charge on any atom is -0.506 e. The van der Waals surface area contributed by atoms with E-state index >= 15 is 0 Å². The van der Waals surface area contributed by atoms with Crippen molar-refractivity contribution in [3.63, 3.8) is 0 Å². The lowest BCUT2D eigenvalue weighted by molar-refractivity contribution is 0.475. The molecule has 1 aliphatic rings. The van der Waals surface area contributed by atoms with Crippen molar-refractivity contribution in [3.8, 4) is 18.1 Å². The summed E-state index contributed by atoms with van der Waals surface area (Å²) in [6.45, 7) is 0. The zero-order valence-electron chi connectivity index (χ0n) is 7.05. The minimum absolute atomic E-state index is 0.0999. The molecule has 0 spiro atoms. The van der Waals surface area contributed by atoms with E-state index in [9.17, 15) is 5.11 Å². The number of hydrogen-bond donors (Lipinski definition) is 1. The van der Waals surface area contributed by atoms with Gasteiger partial charge in [0.2, 0.25) is 0 Å². The Balaban J connectivity index is 2.44. The average molecular weight is 193 g/mol. The van der Waals surface area contributed by atoms with Crippen molar-refractivity contribution in [2.45, 2.75) is 18.3 Å². The van der Waals surface area contributed by atoms with Crippen LogP contribution in [0, 0.1) is 12.3 Å². The molecule has 66 valence electrons. The number of benzene rings is 1. The molecule has 0 unspecified atom stereocenters. The lowest BCUT2D eigenvalue weighted by atomic mass is 9.97. The van der Waals surface area contributed by atoms with E-state index in [1.165, 1.54) is 0 Å². The number of aromatic hydroxyl groups is 1. The average Bonchev–Trinajstić information content (AvgIpc) is 2.90. The summed E-state index contributed by atoms with van der Waals surface area (Å²) in [7, 11) is 0. The zero-order valence-corrected chi connectivity index (χ0v) is 7.80. The number of phenols is 1. The first-order valence-corrected chi connectivity index (χ1v) is 4.52. The van der Waals surface area contributed by atoms with Crippen molar-refractivity contribution < 1.29 is 5.11 Å². The summed E-state index contributed by atoms with van der Waals surface area (Å²) < 4.78 is 0. The van der Waals surface area contributed by atoms with Crippen LogP contribution in [0.25, 0.3) is 0 Å². The van der Waals surface area contributed by atoms with Gasteiger partial charge >= 0.3 is 0 Å². The molecule has 0 aromatic heterocycles. The fourth-order valence-electron chi connectivity index (χ4n) is 1.45. The van der Waals surface area contributed by atoms with Crippen LogP contribution in [0.4, 0.5) is 0 Å². The van der Waals surface area contributed by atoms with Gasteiger partial charge in [0.05, 0.1) is 10.4 Å². The maximum Gasteiger partial charge on any atom is 0.134 e. The molecule has 1 saturated carbocycles. The maximum atomic E-state index is 9.22. The molecule has 13 heavy (non-hydrogen) atoms. The fraction of sp³-hybridized carbons (Fsp3) is 0.273. The van der Waals surface area contributed by atoms with Crippen molar-refractivity contribution in [2.24, 2.45) is 0 Å². The molecular formula is C11H9ClO. The van der Waals surface area contributed by atoms with Gasteiger partial charge in [-0.3, -0.25) is 0 Å². The summed E-state index contributed by atoms with van der Waals surface area (Å²) in [5.41, 5.74) is 0.940. The van der Waals surface area contributed by atoms with E-state index < -0.39 is 0 Å². The standard InChI is InChI=1S/C11H9ClO/c1-2-11(5-6-11)8-3-4-10(13)9(12)7-8/h1,3-4,7,13H,5-6H2. The Labute approximate surface area is 82.3 Å². The Morgan fingerprint density at radius 3 is 2.62 bits per heavy atom. The van der Waals surface area contributed by atoms with Crippen LogP contribution in [0.2, 0.25) is 5.02 Å². The van der Waals surface area contributed by atoms with Gasteiger partial charge in [-0.05, 0) is 30.5 Å². The Hall–Kier alpha value is -1.13. The number of rotatable bonds is 1. The first-order chi connectivity index (χ1) is 6.18. The molecule has 0 heterocycles. The fourth-order valence-corrected chi connectivity index (χ4v) is 1.63. The first kappa shape index (κ1) is 8.47. The lowest BCUT2D eigenvalue weighted by Gasteiger charge is -2.08.